The maximum absolute atomic E-state index is 12.2. The van der Waals surface area contributed by atoms with Crippen LogP contribution < -0.4 is 16.4 Å². The number of carbonyl (C=O) groups is 2. The molecule has 1 fully saturated rings. The summed E-state index contributed by atoms with van der Waals surface area (Å²) in [6.45, 7) is 0.403. The van der Waals surface area contributed by atoms with Crippen molar-refractivity contribution in [1.82, 2.24) is 5.32 Å². The average Bonchev–Trinajstić information content (AvgIpc) is 2.86. The molecule has 0 aliphatic carbocycles. The first-order chi connectivity index (χ1) is 8.53. The van der Waals surface area contributed by atoms with Gasteiger partial charge < -0.3 is 16.4 Å². The number of nitrogens with two attached hydrogens (primary N) is 1. The molecule has 4 N–H and O–H groups in total. The van der Waals surface area contributed by atoms with Crippen molar-refractivity contribution in [2.75, 3.05) is 11.9 Å². The molecule has 1 spiro atoms. The van der Waals surface area contributed by atoms with E-state index in [1.54, 1.807) is 18.2 Å². The minimum Gasteiger partial charge on any atom is -0.368 e. The minimum atomic E-state index is -0.722. The zero-order valence-corrected chi connectivity index (χ0v) is 10.3. The topological polar surface area (TPSA) is 84.2 Å². The largest absolute Gasteiger partial charge is 0.368 e. The van der Waals surface area contributed by atoms with E-state index in [0.29, 0.717) is 18.0 Å². The van der Waals surface area contributed by atoms with Gasteiger partial charge in [0.2, 0.25) is 11.8 Å². The van der Waals surface area contributed by atoms with E-state index in [0.717, 1.165) is 11.3 Å². The highest BCUT2D eigenvalue weighted by Gasteiger charge is 2.52. The van der Waals surface area contributed by atoms with Crippen LogP contribution in [-0.2, 0) is 15.0 Å². The Labute approximate surface area is 109 Å². The summed E-state index contributed by atoms with van der Waals surface area (Å²) in [5.41, 5.74) is 6.17. The van der Waals surface area contributed by atoms with E-state index >= 15 is 0 Å². The molecule has 2 aliphatic heterocycles. The minimum absolute atomic E-state index is 0.101. The van der Waals surface area contributed by atoms with Gasteiger partial charge >= 0.3 is 0 Å². The van der Waals surface area contributed by atoms with Crippen LogP contribution >= 0.6 is 11.6 Å². The number of benzene rings is 1. The summed E-state index contributed by atoms with van der Waals surface area (Å²) in [5, 5.41) is 6.40. The van der Waals surface area contributed by atoms with Crippen LogP contribution in [0, 0.1) is 0 Å². The van der Waals surface area contributed by atoms with Crippen molar-refractivity contribution in [3.8, 4) is 0 Å². The normalized spacial score (nSPS) is 29.4. The van der Waals surface area contributed by atoms with Crippen LogP contribution in [0.25, 0.3) is 0 Å². The van der Waals surface area contributed by atoms with Gasteiger partial charge in [-0.2, -0.15) is 0 Å². The van der Waals surface area contributed by atoms with Crippen molar-refractivity contribution in [3.63, 3.8) is 0 Å². The van der Waals surface area contributed by atoms with E-state index in [-0.39, 0.29) is 5.91 Å². The fourth-order valence-electron chi connectivity index (χ4n) is 2.76. The van der Waals surface area contributed by atoms with Crippen LogP contribution in [0.2, 0.25) is 5.02 Å². The highest BCUT2D eigenvalue weighted by molar-refractivity contribution is 6.31. The van der Waals surface area contributed by atoms with E-state index in [9.17, 15) is 9.59 Å². The van der Waals surface area contributed by atoms with Gasteiger partial charge in [-0.1, -0.05) is 11.6 Å². The van der Waals surface area contributed by atoms with Crippen molar-refractivity contribution in [1.29, 1.82) is 0 Å². The summed E-state index contributed by atoms with van der Waals surface area (Å²) in [6.07, 6.45) is 0.376. The van der Waals surface area contributed by atoms with E-state index in [2.05, 4.69) is 10.6 Å². The number of rotatable bonds is 1. The van der Waals surface area contributed by atoms with E-state index < -0.39 is 17.4 Å². The number of primary amides is 1. The lowest BCUT2D eigenvalue weighted by molar-refractivity contribution is -0.120. The second-order valence-electron chi connectivity index (χ2n) is 4.77. The number of amides is 2. The first-order valence-electron chi connectivity index (χ1n) is 5.67. The molecular formula is C12H12ClN3O2. The Kier molecular flexibility index (Phi) is 2.36. The third-order valence-electron chi connectivity index (χ3n) is 3.73. The number of carbonyl (C=O) groups excluding carboxylic acids is 2. The Morgan fingerprint density at radius 1 is 1.50 bits per heavy atom. The monoisotopic (exact) mass is 265 g/mol. The fraction of sp³-hybridized carbons (Fsp3) is 0.333. The maximum Gasteiger partial charge on any atom is 0.236 e. The van der Waals surface area contributed by atoms with Crippen LogP contribution in [0.4, 0.5) is 5.69 Å². The van der Waals surface area contributed by atoms with Crippen molar-refractivity contribution in [2.45, 2.75) is 17.9 Å². The predicted molar refractivity (Wildman–Crippen MR) is 67.4 cm³/mol. The van der Waals surface area contributed by atoms with Gasteiger partial charge in [-0.25, -0.2) is 0 Å². The Morgan fingerprint density at radius 2 is 2.28 bits per heavy atom. The number of fused-ring (bicyclic) bond motifs is 2. The summed E-state index contributed by atoms with van der Waals surface area (Å²) < 4.78 is 0. The highest BCUT2D eigenvalue weighted by Crippen LogP contribution is 2.44. The van der Waals surface area contributed by atoms with Crippen molar-refractivity contribution >= 4 is 29.1 Å². The fourth-order valence-corrected chi connectivity index (χ4v) is 2.93. The molecule has 3 rings (SSSR count). The first-order valence-corrected chi connectivity index (χ1v) is 6.05. The number of halogens is 1. The van der Waals surface area contributed by atoms with Crippen LogP contribution in [-0.4, -0.2) is 24.4 Å². The van der Waals surface area contributed by atoms with Gasteiger partial charge in [0, 0.05) is 17.3 Å². The third kappa shape index (κ3) is 1.44. The second-order valence-corrected chi connectivity index (χ2v) is 5.20. The molecule has 2 atom stereocenters. The lowest BCUT2D eigenvalue weighted by Gasteiger charge is -2.20. The maximum atomic E-state index is 12.2. The summed E-state index contributed by atoms with van der Waals surface area (Å²) in [6, 6.07) is 4.82. The van der Waals surface area contributed by atoms with Gasteiger partial charge in [0.15, 0.2) is 0 Å². The summed E-state index contributed by atoms with van der Waals surface area (Å²) in [5.74, 6) is -0.536. The molecule has 0 radical (unpaired) electrons. The van der Waals surface area contributed by atoms with Gasteiger partial charge in [-0.05, 0) is 30.2 Å². The molecule has 1 unspecified atom stereocenters. The Bertz CT molecular complexity index is 560. The van der Waals surface area contributed by atoms with E-state index in [1.165, 1.54) is 0 Å². The molecule has 2 aliphatic rings. The van der Waals surface area contributed by atoms with Gasteiger partial charge in [0.1, 0.15) is 0 Å². The van der Waals surface area contributed by atoms with Crippen LogP contribution in [0.5, 0.6) is 0 Å². The lowest BCUT2D eigenvalue weighted by atomic mass is 9.79. The van der Waals surface area contributed by atoms with Crippen molar-refractivity contribution in [2.24, 2.45) is 5.73 Å². The molecule has 18 heavy (non-hydrogen) atoms. The quantitative estimate of drug-likeness (QED) is 0.686. The molecule has 1 aromatic rings. The first kappa shape index (κ1) is 11.5. The third-order valence-corrected chi connectivity index (χ3v) is 3.96. The van der Waals surface area contributed by atoms with Crippen LogP contribution in [0.1, 0.15) is 12.0 Å². The molecule has 2 amide bonds. The summed E-state index contributed by atoms with van der Waals surface area (Å²) >= 11 is 5.98. The van der Waals surface area contributed by atoms with E-state index in [1.807, 2.05) is 0 Å². The smallest absolute Gasteiger partial charge is 0.236 e. The molecule has 94 valence electrons. The zero-order chi connectivity index (χ0) is 12.9. The Morgan fingerprint density at radius 3 is 2.94 bits per heavy atom. The number of hydrogen-bond acceptors (Lipinski definition) is 3. The van der Waals surface area contributed by atoms with Gasteiger partial charge in [0.25, 0.3) is 0 Å². The molecule has 2 heterocycles. The number of nitrogens with one attached hydrogen (secondary N) is 2. The molecule has 1 saturated heterocycles. The standard InChI is InChI=1S/C12H12ClN3O2/c13-6-1-2-8-7(3-6)12(11(18)16-8)4-9(10(14)17)15-5-12/h1-3,9,15H,4-5H2,(H2,14,17)(H,16,18)/t9-,12?/m0/s1. The molecular weight excluding hydrogens is 254 g/mol. The van der Waals surface area contributed by atoms with Crippen LogP contribution in [0.3, 0.4) is 0 Å². The molecule has 6 heteroatoms. The molecule has 0 bridgehead atoms. The van der Waals surface area contributed by atoms with Crippen molar-refractivity contribution in [3.05, 3.63) is 28.8 Å². The lowest BCUT2D eigenvalue weighted by Crippen LogP contribution is -2.36. The van der Waals surface area contributed by atoms with Crippen LogP contribution in [0.15, 0.2) is 18.2 Å². The summed E-state index contributed by atoms with van der Waals surface area (Å²) in [7, 11) is 0. The SMILES string of the molecule is NC(=O)[C@@H]1CC2(CN1)C(=O)Nc1ccc(Cl)cc12. The molecule has 1 aromatic carbocycles. The highest BCUT2D eigenvalue weighted by atomic mass is 35.5. The predicted octanol–water partition coefficient (Wildman–Crippen LogP) is 0.377. The molecule has 5 nitrogen and oxygen atoms in total. The summed E-state index contributed by atoms with van der Waals surface area (Å²) in [4.78, 5) is 23.4. The second kappa shape index (κ2) is 3.70. The number of hydrogen-bond donors (Lipinski definition) is 3. The molecule has 0 aromatic heterocycles. The van der Waals surface area contributed by atoms with Gasteiger partial charge in [-0.3, -0.25) is 9.59 Å². The zero-order valence-electron chi connectivity index (χ0n) is 9.50. The Balaban J connectivity index is 2.06. The Hall–Kier alpha value is -1.59. The van der Waals surface area contributed by atoms with E-state index in [4.69, 9.17) is 17.3 Å². The number of anilines is 1. The molecule has 0 saturated carbocycles. The van der Waals surface area contributed by atoms with Gasteiger partial charge in [0.05, 0.1) is 11.5 Å². The average molecular weight is 266 g/mol. The van der Waals surface area contributed by atoms with Crippen molar-refractivity contribution < 1.29 is 9.59 Å². The van der Waals surface area contributed by atoms with Gasteiger partial charge in [-0.15, -0.1) is 0 Å².